The predicted octanol–water partition coefficient (Wildman–Crippen LogP) is 0.793. The summed E-state index contributed by atoms with van der Waals surface area (Å²) < 4.78 is 0. The SMILES string of the molecule is CC#CCCC(=O)NC(CS)C(C)=O. The molecule has 1 N–H and O–H groups in total. The summed E-state index contributed by atoms with van der Waals surface area (Å²) in [4.78, 5) is 22.2. The molecular weight excluding hydrogens is 198 g/mol. The minimum atomic E-state index is -0.472. The van der Waals surface area contributed by atoms with Gasteiger partial charge in [-0.3, -0.25) is 9.59 Å². The number of hydrogen-bond donors (Lipinski definition) is 2. The molecule has 1 atom stereocenters. The van der Waals surface area contributed by atoms with Crippen molar-refractivity contribution in [2.75, 3.05) is 5.75 Å². The fourth-order valence-corrected chi connectivity index (χ4v) is 1.19. The maximum absolute atomic E-state index is 11.2. The number of carbonyl (C=O) groups is 2. The molecule has 0 aliphatic rings. The van der Waals surface area contributed by atoms with E-state index in [1.54, 1.807) is 6.92 Å². The molecule has 78 valence electrons. The zero-order valence-electron chi connectivity index (χ0n) is 8.46. The van der Waals surface area contributed by atoms with Crippen molar-refractivity contribution in [3.05, 3.63) is 0 Å². The van der Waals surface area contributed by atoms with E-state index in [1.165, 1.54) is 6.92 Å². The van der Waals surface area contributed by atoms with Gasteiger partial charge in [-0.1, -0.05) is 0 Å². The first-order valence-electron chi connectivity index (χ1n) is 4.42. The van der Waals surface area contributed by atoms with Crippen molar-refractivity contribution >= 4 is 24.3 Å². The maximum Gasteiger partial charge on any atom is 0.221 e. The summed E-state index contributed by atoms with van der Waals surface area (Å²) in [6.07, 6.45) is 0.859. The van der Waals surface area contributed by atoms with Crippen LogP contribution in [0.1, 0.15) is 26.7 Å². The van der Waals surface area contributed by atoms with Crippen molar-refractivity contribution in [3.63, 3.8) is 0 Å². The van der Waals surface area contributed by atoms with Crippen molar-refractivity contribution in [1.82, 2.24) is 5.32 Å². The van der Waals surface area contributed by atoms with Crippen LogP contribution in [0.25, 0.3) is 0 Å². The molecule has 1 unspecified atom stereocenters. The second kappa shape index (κ2) is 7.45. The monoisotopic (exact) mass is 213 g/mol. The summed E-state index contributed by atoms with van der Waals surface area (Å²) in [5.74, 6) is 5.59. The number of amides is 1. The second-order valence-electron chi connectivity index (χ2n) is 2.84. The molecule has 0 saturated heterocycles. The molecule has 0 aromatic heterocycles. The molecule has 0 bridgehead atoms. The van der Waals surface area contributed by atoms with Crippen LogP contribution < -0.4 is 5.32 Å². The minimum Gasteiger partial charge on any atom is -0.345 e. The van der Waals surface area contributed by atoms with Crippen molar-refractivity contribution in [2.24, 2.45) is 0 Å². The second-order valence-corrected chi connectivity index (χ2v) is 3.21. The summed E-state index contributed by atoms with van der Waals surface area (Å²) in [6, 6.07) is -0.472. The van der Waals surface area contributed by atoms with Gasteiger partial charge in [0.2, 0.25) is 5.91 Å². The molecule has 1 amide bonds. The summed E-state index contributed by atoms with van der Waals surface area (Å²) in [5, 5.41) is 2.59. The smallest absolute Gasteiger partial charge is 0.221 e. The van der Waals surface area contributed by atoms with Crippen molar-refractivity contribution in [1.29, 1.82) is 0 Å². The number of thiol groups is 1. The van der Waals surface area contributed by atoms with Crippen LogP contribution >= 0.6 is 12.6 Å². The number of carbonyl (C=O) groups excluding carboxylic acids is 2. The van der Waals surface area contributed by atoms with Crippen LogP contribution in [0.5, 0.6) is 0 Å². The van der Waals surface area contributed by atoms with E-state index in [9.17, 15) is 9.59 Å². The average molecular weight is 213 g/mol. The third-order valence-corrected chi connectivity index (χ3v) is 2.03. The van der Waals surface area contributed by atoms with E-state index in [4.69, 9.17) is 0 Å². The van der Waals surface area contributed by atoms with Crippen LogP contribution in [0, 0.1) is 11.8 Å². The number of Topliss-reactive ketones (excluding diaryl/α,β-unsaturated/α-hetero) is 1. The highest BCUT2D eigenvalue weighted by molar-refractivity contribution is 7.80. The lowest BCUT2D eigenvalue weighted by Crippen LogP contribution is -2.40. The molecule has 0 fully saturated rings. The highest BCUT2D eigenvalue weighted by Crippen LogP contribution is 1.93. The van der Waals surface area contributed by atoms with Crippen molar-refractivity contribution in [2.45, 2.75) is 32.7 Å². The van der Waals surface area contributed by atoms with E-state index in [2.05, 4.69) is 29.8 Å². The Bertz CT molecular complexity index is 265. The third kappa shape index (κ3) is 5.65. The molecule has 0 aliphatic carbocycles. The van der Waals surface area contributed by atoms with Crippen LogP contribution in [-0.4, -0.2) is 23.5 Å². The van der Waals surface area contributed by atoms with Gasteiger partial charge in [-0.15, -0.1) is 11.8 Å². The van der Waals surface area contributed by atoms with E-state index in [-0.39, 0.29) is 11.7 Å². The van der Waals surface area contributed by atoms with Gasteiger partial charge in [0.1, 0.15) is 0 Å². The quantitative estimate of drug-likeness (QED) is 0.524. The Kier molecular flexibility index (Phi) is 6.95. The van der Waals surface area contributed by atoms with E-state index < -0.39 is 6.04 Å². The molecule has 14 heavy (non-hydrogen) atoms. The number of nitrogens with one attached hydrogen (secondary N) is 1. The third-order valence-electron chi connectivity index (χ3n) is 1.66. The Balaban J connectivity index is 3.89. The van der Waals surface area contributed by atoms with Crippen LogP contribution in [-0.2, 0) is 9.59 Å². The number of ketones is 1. The lowest BCUT2D eigenvalue weighted by Gasteiger charge is -2.12. The predicted molar refractivity (Wildman–Crippen MR) is 59.1 cm³/mol. The molecule has 0 heterocycles. The van der Waals surface area contributed by atoms with Gasteiger partial charge < -0.3 is 5.32 Å². The lowest BCUT2D eigenvalue weighted by atomic mass is 10.2. The highest BCUT2D eigenvalue weighted by Gasteiger charge is 2.14. The highest BCUT2D eigenvalue weighted by atomic mass is 32.1. The Morgan fingerprint density at radius 2 is 2.14 bits per heavy atom. The first-order chi connectivity index (χ1) is 6.61. The average Bonchev–Trinajstić information content (AvgIpc) is 2.14. The summed E-state index contributed by atoms with van der Waals surface area (Å²) in [5.41, 5.74) is 0. The molecule has 0 aromatic carbocycles. The first-order valence-corrected chi connectivity index (χ1v) is 5.05. The lowest BCUT2D eigenvalue weighted by molar-refractivity contribution is -0.126. The normalized spacial score (nSPS) is 11.1. The van der Waals surface area contributed by atoms with Gasteiger partial charge in [-0.25, -0.2) is 0 Å². The molecular formula is C10H15NO2S. The van der Waals surface area contributed by atoms with Crippen molar-refractivity contribution < 1.29 is 9.59 Å². The first kappa shape index (κ1) is 13.1. The maximum atomic E-state index is 11.2. The van der Waals surface area contributed by atoms with E-state index in [0.717, 1.165) is 0 Å². The summed E-state index contributed by atoms with van der Waals surface area (Å²) >= 11 is 3.98. The van der Waals surface area contributed by atoms with Gasteiger partial charge in [0.05, 0.1) is 6.04 Å². The molecule has 0 spiro atoms. The van der Waals surface area contributed by atoms with E-state index in [0.29, 0.717) is 18.6 Å². The van der Waals surface area contributed by atoms with E-state index >= 15 is 0 Å². The molecule has 3 nitrogen and oxygen atoms in total. The van der Waals surface area contributed by atoms with Gasteiger partial charge in [0.25, 0.3) is 0 Å². The van der Waals surface area contributed by atoms with Gasteiger partial charge in [-0.05, 0) is 13.8 Å². The fourth-order valence-electron chi connectivity index (χ4n) is 0.843. The number of hydrogen-bond acceptors (Lipinski definition) is 3. The van der Waals surface area contributed by atoms with Crippen LogP contribution in [0.2, 0.25) is 0 Å². The molecule has 0 rings (SSSR count). The largest absolute Gasteiger partial charge is 0.345 e. The van der Waals surface area contributed by atoms with Crippen LogP contribution in [0.15, 0.2) is 0 Å². The molecule has 0 aromatic rings. The number of rotatable bonds is 5. The Labute approximate surface area is 90.1 Å². The zero-order chi connectivity index (χ0) is 11.0. The Morgan fingerprint density at radius 1 is 1.50 bits per heavy atom. The topological polar surface area (TPSA) is 46.2 Å². The minimum absolute atomic E-state index is 0.0741. The summed E-state index contributed by atoms with van der Waals surface area (Å²) in [6.45, 7) is 3.16. The zero-order valence-corrected chi connectivity index (χ0v) is 9.36. The Morgan fingerprint density at radius 3 is 2.57 bits per heavy atom. The van der Waals surface area contributed by atoms with Gasteiger partial charge in [-0.2, -0.15) is 12.6 Å². The van der Waals surface area contributed by atoms with E-state index in [1.807, 2.05) is 0 Å². The van der Waals surface area contributed by atoms with Crippen molar-refractivity contribution in [3.8, 4) is 11.8 Å². The van der Waals surface area contributed by atoms with Crippen LogP contribution in [0.3, 0.4) is 0 Å². The standard InChI is InChI=1S/C10H15NO2S/c1-3-4-5-6-10(13)11-9(7-14)8(2)12/h9,14H,5-7H2,1-2H3,(H,11,13). The summed E-state index contributed by atoms with van der Waals surface area (Å²) in [7, 11) is 0. The molecule has 4 heteroatoms. The van der Waals surface area contributed by atoms with Crippen LogP contribution in [0.4, 0.5) is 0 Å². The Hall–Kier alpha value is -0.950. The molecule has 0 saturated carbocycles. The van der Waals surface area contributed by atoms with Gasteiger partial charge >= 0.3 is 0 Å². The molecule has 0 aliphatic heterocycles. The molecule has 0 radical (unpaired) electrons. The fraction of sp³-hybridized carbons (Fsp3) is 0.600. The van der Waals surface area contributed by atoms with Gasteiger partial charge in [0.15, 0.2) is 5.78 Å². The van der Waals surface area contributed by atoms with Gasteiger partial charge in [0, 0.05) is 18.6 Å².